The van der Waals surface area contributed by atoms with E-state index in [0.29, 0.717) is 0 Å². The standard InChI is InChI=1S/C43H85N3/c1-17-18-19-20-21-22-23-24-25-36(34-29-40(6,7)45(15)41(8,9)30-34)37(35-31-42(10,11)46(16)43(12,13)32-35)26-33-27-38(2,3)44(14)39(4,5)28-33/h33-37H,17-32H2,1-16H3. The second-order valence-corrected chi connectivity index (χ2v) is 21.0. The smallest absolute Gasteiger partial charge is 0.0158 e. The summed E-state index contributed by atoms with van der Waals surface area (Å²) in [5, 5.41) is 0. The van der Waals surface area contributed by atoms with Crippen LogP contribution in [0.5, 0.6) is 0 Å². The van der Waals surface area contributed by atoms with Crippen molar-refractivity contribution in [2.45, 2.75) is 226 Å². The summed E-state index contributed by atoms with van der Waals surface area (Å²) in [5.41, 5.74) is 1.49. The number of piperidine rings is 3. The van der Waals surface area contributed by atoms with E-state index in [9.17, 15) is 0 Å². The fourth-order valence-electron chi connectivity index (χ4n) is 11.7. The summed E-state index contributed by atoms with van der Waals surface area (Å²) in [4.78, 5) is 8.15. The summed E-state index contributed by atoms with van der Waals surface area (Å²) in [5.74, 6) is 4.08. The highest BCUT2D eigenvalue weighted by atomic mass is 15.2. The van der Waals surface area contributed by atoms with Gasteiger partial charge in [0.15, 0.2) is 0 Å². The molecule has 3 heteroatoms. The van der Waals surface area contributed by atoms with Gasteiger partial charge >= 0.3 is 0 Å². The molecule has 3 aliphatic heterocycles. The molecule has 272 valence electrons. The van der Waals surface area contributed by atoms with E-state index in [-0.39, 0.29) is 33.2 Å². The largest absolute Gasteiger partial charge is 0.296 e. The van der Waals surface area contributed by atoms with Crippen molar-refractivity contribution in [1.82, 2.24) is 14.7 Å². The number of unbranched alkanes of at least 4 members (excludes halogenated alkanes) is 7. The second-order valence-electron chi connectivity index (χ2n) is 21.0. The lowest BCUT2D eigenvalue weighted by Crippen LogP contribution is -2.62. The first-order valence-electron chi connectivity index (χ1n) is 20.2. The third kappa shape index (κ3) is 9.56. The number of likely N-dealkylation sites (tertiary alicyclic amines) is 3. The van der Waals surface area contributed by atoms with Crippen LogP contribution in [-0.2, 0) is 0 Å². The Labute approximate surface area is 290 Å². The minimum absolute atomic E-state index is 0.240. The Morgan fingerprint density at radius 1 is 0.435 bits per heavy atom. The highest BCUT2D eigenvalue weighted by Gasteiger charge is 2.52. The minimum atomic E-state index is 0.240. The van der Waals surface area contributed by atoms with Crippen molar-refractivity contribution in [2.75, 3.05) is 21.1 Å². The van der Waals surface area contributed by atoms with Crippen LogP contribution in [0.1, 0.15) is 193 Å². The van der Waals surface area contributed by atoms with Gasteiger partial charge in [0.25, 0.3) is 0 Å². The van der Waals surface area contributed by atoms with Gasteiger partial charge in [-0.2, -0.15) is 0 Å². The normalized spacial score (nSPS) is 28.7. The quantitative estimate of drug-likeness (QED) is 0.174. The first kappa shape index (κ1) is 40.3. The molecule has 0 aromatic heterocycles. The number of nitrogens with zero attached hydrogens (tertiary/aromatic N) is 3. The molecule has 3 rings (SSSR count). The molecule has 3 heterocycles. The van der Waals surface area contributed by atoms with Crippen LogP contribution in [0.2, 0.25) is 0 Å². The van der Waals surface area contributed by atoms with E-state index in [1.807, 2.05) is 0 Å². The van der Waals surface area contributed by atoms with Gasteiger partial charge in [-0.3, -0.25) is 14.7 Å². The highest BCUT2D eigenvalue weighted by Crippen LogP contribution is 2.54. The molecule has 3 saturated heterocycles. The lowest BCUT2D eigenvalue weighted by Gasteiger charge is -2.59. The maximum atomic E-state index is 2.73. The van der Waals surface area contributed by atoms with Crippen molar-refractivity contribution in [3.63, 3.8) is 0 Å². The fraction of sp³-hybridized carbons (Fsp3) is 1.00. The van der Waals surface area contributed by atoms with Crippen LogP contribution in [-0.4, -0.2) is 69.1 Å². The molecule has 0 spiro atoms. The summed E-state index contributed by atoms with van der Waals surface area (Å²) in [6, 6.07) is 0. The molecule has 0 bridgehead atoms. The van der Waals surface area contributed by atoms with Crippen molar-refractivity contribution >= 4 is 0 Å². The van der Waals surface area contributed by atoms with Crippen molar-refractivity contribution < 1.29 is 0 Å². The molecule has 2 atom stereocenters. The maximum Gasteiger partial charge on any atom is 0.0158 e. The molecule has 3 fully saturated rings. The molecule has 2 unspecified atom stereocenters. The predicted octanol–water partition coefficient (Wildman–Crippen LogP) is 11.8. The van der Waals surface area contributed by atoms with Gasteiger partial charge in [0.05, 0.1) is 0 Å². The second kappa shape index (κ2) is 15.0. The Morgan fingerprint density at radius 2 is 0.739 bits per heavy atom. The molecular weight excluding hydrogens is 558 g/mol. The lowest BCUT2D eigenvalue weighted by atomic mass is 9.57. The number of hydrogen-bond acceptors (Lipinski definition) is 3. The average molecular weight is 644 g/mol. The van der Waals surface area contributed by atoms with Gasteiger partial charge in [-0.15, -0.1) is 0 Å². The van der Waals surface area contributed by atoms with Gasteiger partial charge in [-0.25, -0.2) is 0 Å². The van der Waals surface area contributed by atoms with E-state index in [1.165, 1.54) is 103 Å². The van der Waals surface area contributed by atoms with Gasteiger partial charge in [0.1, 0.15) is 0 Å². The third-order valence-electron chi connectivity index (χ3n) is 14.8. The van der Waals surface area contributed by atoms with E-state index in [0.717, 1.165) is 29.6 Å². The van der Waals surface area contributed by atoms with E-state index in [4.69, 9.17) is 0 Å². The zero-order chi connectivity index (χ0) is 34.9. The Hall–Kier alpha value is -0.120. The summed E-state index contributed by atoms with van der Waals surface area (Å²) in [6.45, 7) is 32.8. The summed E-state index contributed by atoms with van der Waals surface area (Å²) >= 11 is 0. The van der Waals surface area contributed by atoms with Gasteiger partial charge in [0.2, 0.25) is 0 Å². The molecule has 3 aliphatic rings. The van der Waals surface area contributed by atoms with E-state index in [1.54, 1.807) is 0 Å². The molecular formula is C43H85N3. The Morgan fingerprint density at radius 3 is 1.11 bits per heavy atom. The molecule has 0 aromatic rings. The van der Waals surface area contributed by atoms with Crippen LogP contribution in [0.4, 0.5) is 0 Å². The van der Waals surface area contributed by atoms with Crippen molar-refractivity contribution in [2.24, 2.45) is 29.6 Å². The fourth-order valence-corrected chi connectivity index (χ4v) is 11.7. The monoisotopic (exact) mass is 644 g/mol. The van der Waals surface area contributed by atoms with Gasteiger partial charge in [-0.1, -0.05) is 58.3 Å². The summed E-state index contributed by atoms with van der Waals surface area (Å²) in [6.07, 6.45) is 22.4. The number of rotatable bonds is 14. The van der Waals surface area contributed by atoms with Crippen LogP contribution < -0.4 is 0 Å². The molecule has 0 amide bonds. The van der Waals surface area contributed by atoms with Gasteiger partial charge in [-0.05, 0) is 185 Å². The van der Waals surface area contributed by atoms with Crippen LogP contribution in [0.25, 0.3) is 0 Å². The van der Waals surface area contributed by atoms with E-state index < -0.39 is 0 Å². The average Bonchev–Trinajstić information content (AvgIpc) is 2.90. The molecule has 0 radical (unpaired) electrons. The molecule has 0 aromatic carbocycles. The zero-order valence-corrected chi connectivity index (χ0v) is 34.5. The van der Waals surface area contributed by atoms with Crippen LogP contribution in [0, 0.1) is 29.6 Å². The summed E-state index contributed by atoms with van der Waals surface area (Å²) in [7, 11) is 7.21. The molecule has 46 heavy (non-hydrogen) atoms. The highest BCUT2D eigenvalue weighted by molar-refractivity contribution is 5.06. The molecule has 3 nitrogen and oxygen atoms in total. The first-order valence-corrected chi connectivity index (χ1v) is 20.2. The van der Waals surface area contributed by atoms with Crippen molar-refractivity contribution in [1.29, 1.82) is 0 Å². The molecule has 0 N–H and O–H groups in total. The first-order chi connectivity index (χ1) is 21.0. The van der Waals surface area contributed by atoms with E-state index >= 15 is 0 Å². The zero-order valence-electron chi connectivity index (χ0n) is 34.5. The van der Waals surface area contributed by atoms with Gasteiger partial charge < -0.3 is 0 Å². The SMILES string of the molecule is CCCCCCCCCCC(C1CC(C)(C)N(C)C(C)(C)C1)C(CC1CC(C)(C)N(C)C(C)(C)C1)C1CC(C)(C)N(C)C(C)(C)C1. The minimum Gasteiger partial charge on any atom is -0.296 e. The van der Waals surface area contributed by atoms with Crippen LogP contribution >= 0.6 is 0 Å². The third-order valence-corrected chi connectivity index (χ3v) is 14.8. The predicted molar refractivity (Wildman–Crippen MR) is 205 cm³/mol. The molecule has 0 aliphatic carbocycles. The topological polar surface area (TPSA) is 9.72 Å². The van der Waals surface area contributed by atoms with Crippen molar-refractivity contribution in [3.05, 3.63) is 0 Å². The van der Waals surface area contributed by atoms with Crippen molar-refractivity contribution in [3.8, 4) is 0 Å². The van der Waals surface area contributed by atoms with Gasteiger partial charge in [0, 0.05) is 33.2 Å². The molecule has 0 saturated carbocycles. The van der Waals surface area contributed by atoms with E-state index in [2.05, 4.69) is 126 Å². The lowest BCUT2D eigenvalue weighted by molar-refractivity contribution is -0.0918. The Kier molecular flexibility index (Phi) is 13.2. The Bertz CT molecular complexity index is 888. The van der Waals surface area contributed by atoms with Crippen LogP contribution in [0.15, 0.2) is 0 Å². The summed E-state index contributed by atoms with van der Waals surface area (Å²) < 4.78 is 0. The number of hydrogen-bond donors (Lipinski definition) is 0. The Balaban J connectivity index is 2.00. The van der Waals surface area contributed by atoms with Crippen LogP contribution in [0.3, 0.4) is 0 Å². The maximum absolute atomic E-state index is 2.73.